The Hall–Kier alpha value is -0.830. The van der Waals surface area contributed by atoms with Crippen LogP contribution in [0.2, 0.25) is 0 Å². The van der Waals surface area contributed by atoms with Crippen LogP contribution in [-0.4, -0.2) is 23.4 Å². The third-order valence-corrected chi connectivity index (χ3v) is 5.19. The molecule has 1 aliphatic carbocycles. The predicted octanol–water partition coefficient (Wildman–Crippen LogP) is 4.16. The molecule has 0 radical (unpaired) electrons. The maximum absolute atomic E-state index is 12.8. The number of carbonyl (C=O) groups excluding carboxylic acids is 1. The number of likely N-dealkylation sites (tertiary alicyclic amines) is 1. The number of fused-ring (bicyclic) bond motifs is 1. The summed E-state index contributed by atoms with van der Waals surface area (Å²) in [5, 5.41) is 0. The highest BCUT2D eigenvalue weighted by molar-refractivity contribution is 9.10. The van der Waals surface area contributed by atoms with E-state index in [0.29, 0.717) is 6.04 Å². The van der Waals surface area contributed by atoms with Crippen LogP contribution >= 0.6 is 15.9 Å². The van der Waals surface area contributed by atoms with E-state index in [9.17, 15) is 4.79 Å². The molecule has 1 amide bonds. The Morgan fingerprint density at radius 3 is 2.89 bits per heavy atom. The summed E-state index contributed by atoms with van der Waals surface area (Å²) in [6.07, 6.45) is 6.33. The molecule has 1 saturated carbocycles. The lowest BCUT2D eigenvalue weighted by Gasteiger charge is -2.32. The van der Waals surface area contributed by atoms with Crippen LogP contribution in [0.1, 0.15) is 48.0 Å². The minimum absolute atomic E-state index is 0.230. The number of hydrogen-bond acceptors (Lipinski definition) is 1. The highest BCUT2D eigenvalue weighted by Gasteiger charge is 2.38. The lowest BCUT2D eigenvalue weighted by atomic mass is 9.85. The van der Waals surface area contributed by atoms with Crippen molar-refractivity contribution >= 4 is 21.8 Å². The summed E-state index contributed by atoms with van der Waals surface area (Å²) in [5.74, 6) is 0.985. The van der Waals surface area contributed by atoms with Crippen molar-refractivity contribution in [3.05, 3.63) is 33.8 Å². The summed E-state index contributed by atoms with van der Waals surface area (Å²) in [6.45, 7) is 2.97. The summed E-state index contributed by atoms with van der Waals surface area (Å²) in [7, 11) is 0. The van der Waals surface area contributed by atoms with Crippen molar-refractivity contribution in [2.24, 2.45) is 5.92 Å². The van der Waals surface area contributed by atoms with E-state index in [1.54, 1.807) is 0 Å². The summed E-state index contributed by atoms with van der Waals surface area (Å²) in [5.41, 5.74) is 1.94. The first kappa shape index (κ1) is 13.2. The van der Waals surface area contributed by atoms with Crippen molar-refractivity contribution in [1.29, 1.82) is 0 Å². The van der Waals surface area contributed by atoms with Crippen LogP contribution in [0.5, 0.6) is 0 Å². The molecule has 2 fully saturated rings. The molecule has 3 heteroatoms. The van der Waals surface area contributed by atoms with Gasteiger partial charge in [0.15, 0.2) is 0 Å². The third-order valence-electron chi connectivity index (χ3n) is 4.70. The van der Waals surface area contributed by atoms with E-state index in [2.05, 4.69) is 20.8 Å². The second kappa shape index (κ2) is 5.28. The first-order valence-electron chi connectivity index (χ1n) is 7.24. The van der Waals surface area contributed by atoms with Crippen molar-refractivity contribution in [3.8, 4) is 0 Å². The van der Waals surface area contributed by atoms with Gasteiger partial charge in [0.05, 0.1) is 0 Å². The molecule has 1 saturated heterocycles. The summed E-state index contributed by atoms with van der Waals surface area (Å²) in [4.78, 5) is 14.9. The lowest BCUT2D eigenvalue weighted by Crippen LogP contribution is -2.39. The second-order valence-electron chi connectivity index (χ2n) is 5.86. The number of carbonyl (C=O) groups is 1. The summed E-state index contributed by atoms with van der Waals surface area (Å²) in [6, 6.07) is 6.48. The summed E-state index contributed by atoms with van der Waals surface area (Å²) < 4.78 is 0.987. The number of aryl methyl sites for hydroxylation is 1. The van der Waals surface area contributed by atoms with Gasteiger partial charge >= 0.3 is 0 Å². The molecule has 0 spiro atoms. The number of halogens is 1. The Bertz CT molecular complexity index is 500. The van der Waals surface area contributed by atoms with Gasteiger partial charge in [-0.3, -0.25) is 4.79 Å². The average molecular weight is 322 g/mol. The monoisotopic (exact) mass is 321 g/mol. The van der Waals surface area contributed by atoms with Crippen molar-refractivity contribution in [2.45, 2.75) is 45.1 Å². The normalized spacial score (nSPS) is 26.3. The minimum atomic E-state index is 0.230. The van der Waals surface area contributed by atoms with Gasteiger partial charge in [-0.1, -0.05) is 34.8 Å². The molecule has 102 valence electrons. The highest BCUT2D eigenvalue weighted by Crippen LogP contribution is 2.37. The molecule has 2 nitrogen and oxygen atoms in total. The SMILES string of the molecule is Cc1ccc(Br)cc1C(=O)N1CCC2CCCCC21. The van der Waals surface area contributed by atoms with Crippen LogP contribution in [0.3, 0.4) is 0 Å². The van der Waals surface area contributed by atoms with Crippen molar-refractivity contribution in [2.75, 3.05) is 6.54 Å². The van der Waals surface area contributed by atoms with E-state index >= 15 is 0 Å². The van der Waals surface area contributed by atoms with Crippen LogP contribution in [0.15, 0.2) is 22.7 Å². The zero-order valence-corrected chi connectivity index (χ0v) is 12.9. The number of amides is 1. The number of rotatable bonds is 1. The molecule has 0 aromatic heterocycles. The number of nitrogens with zero attached hydrogens (tertiary/aromatic N) is 1. The van der Waals surface area contributed by atoms with Gasteiger partial charge < -0.3 is 4.90 Å². The molecule has 0 bridgehead atoms. The fourth-order valence-corrected chi connectivity index (χ4v) is 4.00. The van der Waals surface area contributed by atoms with Crippen LogP contribution in [0, 0.1) is 12.8 Å². The van der Waals surface area contributed by atoms with Crippen LogP contribution in [0.25, 0.3) is 0 Å². The van der Waals surface area contributed by atoms with E-state index in [0.717, 1.165) is 28.1 Å². The van der Waals surface area contributed by atoms with Crippen LogP contribution in [0.4, 0.5) is 0 Å². The van der Waals surface area contributed by atoms with Crippen LogP contribution in [-0.2, 0) is 0 Å². The van der Waals surface area contributed by atoms with Gasteiger partial charge in [0.25, 0.3) is 5.91 Å². The maximum Gasteiger partial charge on any atom is 0.254 e. The third kappa shape index (κ3) is 2.45. The average Bonchev–Trinajstić information content (AvgIpc) is 2.84. The number of benzene rings is 1. The Balaban J connectivity index is 1.85. The summed E-state index contributed by atoms with van der Waals surface area (Å²) >= 11 is 3.47. The van der Waals surface area contributed by atoms with E-state index in [4.69, 9.17) is 0 Å². The Labute approximate surface area is 123 Å². The van der Waals surface area contributed by atoms with E-state index in [1.807, 2.05) is 25.1 Å². The van der Waals surface area contributed by atoms with Crippen molar-refractivity contribution in [1.82, 2.24) is 4.90 Å². The molecule has 2 unspecified atom stereocenters. The van der Waals surface area contributed by atoms with Gasteiger partial charge in [-0.25, -0.2) is 0 Å². The van der Waals surface area contributed by atoms with E-state index < -0.39 is 0 Å². The first-order valence-corrected chi connectivity index (χ1v) is 8.03. The molecular weight excluding hydrogens is 302 g/mol. The first-order chi connectivity index (χ1) is 9.16. The van der Waals surface area contributed by atoms with Crippen LogP contribution < -0.4 is 0 Å². The topological polar surface area (TPSA) is 20.3 Å². The molecule has 2 atom stereocenters. The van der Waals surface area contributed by atoms with Gasteiger partial charge in [0.2, 0.25) is 0 Å². The smallest absolute Gasteiger partial charge is 0.254 e. The highest BCUT2D eigenvalue weighted by atomic mass is 79.9. The molecule has 1 aliphatic heterocycles. The second-order valence-corrected chi connectivity index (χ2v) is 6.77. The molecular formula is C16H20BrNO. The zero-order valence-electron chi connectivity index (χ0n) is 11.4. The van der Waals surface area contributed by atoms with Gasteiger partial charge in [-0.2, -0.15) is 0 Å². The van der Waals surface area contributed by atoms with Crippen molar-refractivity contribution in [3.63, 3.8) is 0 Å². The van der Waals surface area contributed by atoms with Gasteiger partial charge in [-0.05, 0) is 49.8 Å². The van der Waals surface area contributed by atoms with Crippen molar-refractivity contribution < 1.29 is 4.79 Å². The standard InChI is InChI=1S/C16H20BrNO/c1-11-6-7-13(17)10-14(11)16(19)18-9-8-12-4-2-3-5-15(12)18/h6-7,10,12,15H,2-5,8-9H2,1H3. The molecule has 3 rings (SSSR count). The van der Waals surface area contributed by atoms with E-state index in [1.165, 1.54) is 32.1 Å². The van der Waals surface area contributed by atoms with Gasteiger partial charge in [0.1, 0.15) is 0 Å². The fourth-order valence-electron chi connectivity index (χ4n) is 3.64. The fraction of sp³-hybridized carbons (Fsp3) is 0.562. The molecule has 0 N–H and O–H groups in total. The largest absolute Gasteiger partial charge is 0.335 e. The Morgan fingerprint density at radius 1 is 1.26 bits per heavy atom. The quantitative estimate of drug-likeness (QED) is 0.760. The lowest BCUT2D eigenvalue weighted by molar-refractivity contribution is 0.0689. The van der Waals surface area contributed by atoms with Gasteiger partial charge in [0, 0.05) is 22.6 Å². The van der Waals surface area contributed by atoms with E-state index in [-0.39, 0.29) is 5.91 Å². The molecule has 1 heterocycles. The molecule has 19 heavy (non-hydrogen) atoms. The molecule has 1 aromatic carbocycles. The molecule has 1 aromatic rings. The van der Waals surface area contributed by atoms with Gasteiger partial charge in [-0.15, -0.1) is 0 Å². The minimum Gasteiger partial charge on any atom is -0.335 e. The predicted molar refractivity (Wildman–Crippen MR) is 80.3 cm³/mol. The zero-order chi connectivity index (χ0) is 13.4. The molecule has 2 aliphatic rings. The number of hydrogen-bond donors (Lipinski definition) is 0. The Morgan fingerprint density at radius 2 is 2.05 bits per heavy atom. The Kier molecular flexibility index (Phi) is 3.66. The maximum atomic E-state index is 12.8.